The minimum Gasteiger partial charge on any atom is -0.460 e. The molecule has 106 valence electrons. The third-order valence-corrected chi connectivity index (χ3v) is 3.01. The van der Waals surface area contributed by atoms with Crippen LogP contribution in [-0.2, 0) is 4.74 Å². The predicted molar refractivity (Wildman–Crippen MR) is 65.2 cm³/mol. The van der Waals surface area contributed by atoms with E-state index in [2.05, 4.69) is 0 Å². The van der Waals surface area contributed by atoms with E-state index >= 15 is 0 Å². The average molecular weight is 271 g/mol. The second-order valence-electron chi connectivity index (χ2n) is 4.35. The zero-order valence-corrected chi connectivity index (χ0v) is 10.1. The van der Waals surface area contributed by atoms with Crippen molar-refractivity contribution in [1.82, 2.24) is 0 Å². The smallest absolute Gasteiger partial charge is 0.229 e. The number of aliphatic hydroxyl groups excluding tert-OH is 4. The van der Waals surface area contributed by atoms with E-state index in [1.54, 1.807) is 24.3 Å². The molecule has 0 unspecified atom stereocenters. The summed E-state index contributed by atoms with van der Waals surface area (Å²) in [6.07, 6.45) is -6.56. The average Bonchev–Trinajstić information content (AvgIpc) is 2.41. The van der Waals surface area contributed by atoms with Crippen LogP contribution < -0.4 is 10.5 Å². The van der Waals surface area contributed by atoms with Gasteiger partial charge in [-0.2, -0.15) is 0 Å². The van der Waals surface area contributed by atoms with Gasteiger partial charge in [-0.1, -0.05) is 12.1 Å². The quantitative estimate of drug-likeness (QED) is 0.421. The van der Waals surface area contributed by atoms with E-state index in [4.69, 9.17) is 20.3 Å². The van der Waals surface area contributed by atoms with Crippen LogP contribution in [0.5, 0.6) is 5.75 Å². The van der Waals surface area contributed by atoms with Gasteiger partial charge >= 0.3 is 0 Å². The van der Waals surface area contributed by atoms with Crippen LogP contribution in [0.25, 0.3) is 0 Å². The molecule has 5 atom stereocenters. The number of hydrogen-bond acceptors (Lipinski definition) is 7. The number of aliphatic hydroxyl groups is 4. The van der Waals surface area contributed by atoms with Gasteiger partial charge in [-0.15, -0.1) is 0 Å². The largest absolute Gasteiger partial charge is 0.460 e. The molecule has 2 rings (SSSR count). The molecule has 0 amide bonds. The summed E-state index contributed by atoms with van der Waals surface area (Å²) in [5, 5.41) is 38.1. The van der Waals surface area contributed by atoms with Gasteiger partial charge in [0.05, 0.1) is 12.3 Å². The Morgan fingerprint density at radius 3 is 2.42 bits per heavy atom. The number of hydrogen-bond donors (Lipinski definition) is 5. The molecular formula is C12H17NO6. The van der Waals surface area contributed by atoms with E-state index in [9.17, 15) is 15.3 Å². The van der Waals surface area contributed by atoms with Crippen LogP contribution in [-0.4, -0.2) is 57.7 Å². The Bertz CT molecular complexity index is 426. The number of para-hydroxylation sites is 2. The lowest BCUT2D eigenvalue weighted by Gasteiger charge is -2.39. The number of ether oxygens (including phenoxy) is 2. The van der Waals surface area contributed by atoms with Crippen molar-refractivity contribution < 1.29 is 29.9 Å². The summed E-state index contributed by atoms with van der Waals surface area (Å²) >= 11 is 0. The highest BCUT2D eigenvalue weighted by molar-refractivity contribution is 5.51. The summed E-state index contributed by atoms with van der Waals surface area (Å²) in [6.45, 7) is -0.505. The lowest BCUT2D eigenvalue weighted by Crippen LogP contribution is -2.60. The van der Waals surface area contributed by atoms with Gasteiger partial charge in [-0.3, -0.25) is 0 Å². The Kier molecular flexibility index (Phi) is 4.23. The van der Waals surface area contributed by atoms with Crippen LogP contribution in [0.15, 0.2) is 24.3 Å². The van der Waals surface area contributed by atoms with E-state index in [0.29, 0.717) is 5.69 Å². The molecule has 0 saturated carbocycles. The van der Waals surface area contributed by atoms with Gasteiger partial charge in [0.2, 0.25) is 6.29 Å². The van der Waals surface area contributed by atoms with Crippen molar-refractivity contribution >= 4 is 5.69 Å². The van der Waals surface area contributed by atoms with E-state index in [1.165, 1.54) is 0 Å². The first-order valence-corrected chi connectivity index (χ1v) is 5.86. The molecule has 0 aliphatic carbocycles. The van der Waals surface area contributed by atoms with Gasteiger partial charge in [-0.25, -0.2) is 0 Å². The molecule has 19 heavy (non-hydrogen) atoms. The molecule has 1 aliphatic rings. The molecule has 1 aromatic rings. The third kappa shape index (κ3) is 2.80. The molecule has 1 aromatic carbocycles. The third-order valence-electron chi connectivity index (χ3n) is 3.01. The van der Waals surface area contributed by atoms with Crippen molar-refractivity contribution in [3.63, 3.8) is 0 Å². The van der Waals surface area contributed by atoms with Crippen molar-refractivity contribution in [2.45, 2.75) is 30.7 Å². The van der Waals surface area contributed by atoms with Crippen molar-refractivity contribution in [3.05, 3.63) is 24.3 Å². The Hall–Kier alpha value is -1.38. The normalized spacial score (nSPS) is 35.1. The lowest BCUT2D eigenvalue weighted by molar-refractivity contribution is -0.277. The summed E-state index contributed by atoms with van der Waals surface area (Å²) in [4.78, 5) is 0. The lowest BCUT2D eigenvalue weighted by atomic mass is 9.99. The highest BCUT2D eigenvalue weighted by Gasteiger charge is 2.44. The van der Waals surface area contributed by atoms with Crippen molar-refractivity contribution in [3.8, 4) is 5.75 Å². The molecule has 1 aliphatic heterocycles. The predicted octanol–water partition coefficient (Wildman–Crippen LogP) is -1.55. The van der Waals surface area contributed by atoms with E-state index in [1.807, 2.05) is 0 Å². The minimum absolute atomic E-state index is 0.284. The van der Waals surface area contributed by atoms with Crippen LogP contribution in [0.1, 0.15) is 0 Å². The molecule has 0 radical (unpaired) electrons. The maximum absolute atomic E-state index is 9.79. The molecule has 0 aromatic heterocycles. The zero-order valence-electron chi connectivity index (χ0n) is 10.1. The monoisotopic (exact) mass is 271 g/mol. The van der Waals surface area contributed by atoms with Crippen LogP contribution in [0.2, 0.25) is 0 Å². The summed E-state index contributed by atoms with van der Waals surface area (Å²) in [5.41, 5.74) is 6.04. The number of anilines is 1. The molecule has 1 saturated heterocycles. The molecular weight excluding hydrogens is 254 g/mol. The second-order valence-corrected chi connectivity index (χ2v) is 4.35. The summed E-state index contributed by atoms with van der Waals surface area (Å²) in [6, 6.07) is 6.60. The maximum Gasteiger partial charge on any atom is 0.229 e. The zero-order chi connectivity index (χ0) is 14.0. The Morgan fingerprint density at radius 1 is 1.11 bits per heavy atom. The SMILES string of the molecule is Nc1ccccc1O[C@H]1O[C@@H](CO)[C@@H](O)[C@@H](O)[C@@H]1O. The molecule has 1 heterocycles. The fraction of sp³-hybridized carbons (Fsp3) is 0.500. The fourth-order valence-electron chi connectivity index (χ4n) is 1.88. The standard InChI is InChI=1S/C12H17NO6/c13-6-3-1-2-4-7(6)18-12-11(17)10(16)9(15)8(5-14)19-12/h1-4,8-12,14-17H,5,13H2/t8-,9+,10+,11-,12-/m0/s1. The van der Waals surface area contributed by atoms with E-state index in [-0.39, 0.29) is 5.75 Å². The van der Waals surface area contributed by atoms with Gasteiger partial charge in [0, 0.05) is 0 Å². The molecule has 6 N–H and O–H groups in total. The van der Waals surface area contributed by atoms with Gasteiger partial charge in [0.1, 0.15) is 30.2 Å². The summed E-state index contributed by atoms with van der Waals surface area (Å²) < 4.78 is 10.6. The molecule has 7 nitrogen and oxygen atoms in total. The number of nitrogens with two attached hydrogens (primary N) is 1. The van der Waals surface area contributed by atoms with E-state index < -0.39 is 37.3 Å². The van der Waals surface area contributed by atoms with Crippen molar-refractivity contribution in [2.75, 3.05) is 12.3 Å². The van der Waals surface area contributed by atoms with Gasteiger partial charge in [0.15, 0.2) is 0 Å². The van der Waals surface area contributed by atoms with Gasteiger partial charge in [0.25, 0.3) is 0 Å². The highest BCUT2D eigenvalue weighted by atomic mass is 16.7. The topological polar surface area (TPSA) is 125 Å². The number of nitrogen functional groups attached to an aromatic ring is 1. The van der Waals surface area contributed by atoms with Crippen molar-refractivity contribution in [1.29, 1.82) is 0 Å². The van der Waals surface area contributed by atoms with Crippen LogP contribution >= 0.6 is 0 Å². The highest BCUT2D eigenvalue weighted by Crippen LogP contribution is 2.27. The van der Waals surface area contributed by atoms with Crippen LogP contribution in [0, 0.1) is 0 Å². The van der Waals surface area contributed by atoms with Crippen LogP contribution in [0.3, 0.4) is 0 Å². The second kappa shape index (κ2) is 5.72. The Balaban J connectivity index is 2.13. The molecule has 0 bridgehead atoms. The maximum atomic E-state index is 9.79. The first kappa shape index (κ1) is 14.0. The minimum atomic E-state index is -1.47. The van der Waals surface area contributed by atoms with Gasteiger partial charge < -0.3 is 35.6 Å². The number of rotatable bonds is 3. The van der Waals surface area contributed by atoms with Gasteiger partial charge in [-0.05, 0) is 12.1 Å². The first-order valence-electron chi connectivity index (χ1n) is 5.86. The molecule has 7 heteroatoms. The Morgan fingerprint density at radius 2 is 1.79 bits per heavy atom. The fourth-order valence-corrected chi connectivity index (χ4v) is 1.88. The van der Waals surface area contributed by atoms with Crippen molar-refractivity contribution in [2.24, 2.45) is 0 Å². The molecule has 1 fully saturated rings. The molecule has 0 spiro atoms. The Labute approximate surface area is 109 Å². The summed E-state index contributed by atoms with van der Waals surface area (Å²) in [5.74, 6) is 0.284. The first-order chi connectivity index (χ1) is 9.04. The summed E-state index contributed by atoms with van der Waals surface area (Å²) in [7, 11) is 0. The van der Waals surface area contributed by atoms with E-state index in [0.717, 1.165) is 0 Å². The van der Waals surface area contributed by atoms with Crippen LogP contribution in [0.4, 0.5) is 5.69 Å². The number of benzene rings is 1.